The van der Waals surface area contributed by atoms with Crippen LogP contribution < -0.4 is 0 Å². The third-order valence-corrected chi connectivity index (χ3v) is 0. The summed E-state index contributed by atoms with van der Waals surface area (Å²) in [6.07, 6.45) is 3.28. The molecule has 0 fully saturated rings. The second kappa shape index (κ2) is 6.62. The molecule has 0 saturated carbocycles. The quantitative estimate of drug-likeness (QED) is 0.516. The summed E-state index contributed by atoms with van der Waals surface area (Å²) in [4.78, 5) is 9.00. The molecule has 0 atom stereocenters. The summed E-state index contributed by atoms with van der Waals surface area (Å²) >= 11 is 0. The van der Waals surface area contributed by atoms with E-state index in [0.29, 0.717) is 0 Å². The van der Waals surface area contributed by atoms with Gasteiger partial charge in [-0.05, 0) is 0 Å². The van der Waals surface area contributed by atoms with Crippen LogP contribution in [0.25, 0.3) is 0 Å². The fourth-order valence-corrected chi connectivity index (χ4v) is 0. The van der Waals surface area contributed by atoms with Crippen molar-refractivity contribution in [2.45, 2.75) is 6.92 Å². The molecule has 0 spiro atoms. The largest absolute Gasteiger partial charge is 0.481 e. The molecule has 0 amide bonds. The van der Waals surface area contributed by atoms with Crippen LogP contribution in [0.15, 0.2) is 0 Å². The third kappa shape index (κ3) is 831. The fourth-order valence-electron chi connectivity index (χ4n) is 0. The molecular formula is C4H10O3S. The lowest BCUT2D eigenvalue weighted by molar-refractivity contribution is -0.134. The van der Waals surface area contributed by atoms with E-state index in [0.717, 1.165) is 6.92 Å². The highest BCUT2D eigenvalue weighted by Gasteiger charge is 1.65. The van der Waals surface area contributed by atoms with Crippen molar-refractivity contribution in [3.05, 3.63) is 0 Å². The molecule has 0 bridgehead atoms. The van der Waals surface area contributed by atoms with Crippen molar-refractivity contribution in [1.29, 1.82) is 0 Å². The maximum Gasteiger partial charge on any atom is 0.300 e. The molecule has 0 rings (SSSR count). The van der Waals surface area contributed by atoms with Crippen LogP contribution in [-0.2, 0) is 15.6 Å². The van der Waals surface area contributed by atoms with Gasteiger partial charge in [0.1, 0.15) is 0 Å². The number of carboxylic acid groups (broad SMARTS) is 1. The molecule has 0 aromatic carbocycles. The Bertz CT molecular complexity index is 69.3. The van der Waals surface area contributed by atoms with E-state index >= 15 is 0 Å². The van der Waals surface area contributed by atoms with E-state index in [1.165, 1.54) is 0 Å². The number of aliphatic carboxylic acids is 1. The van der Waals surface area contributed by atoms with Gasteiger partial charge in [0, 0.05) is 30.2 Å². The Kier molecular flexibility index (Phi) is 8.75. The first-order valence-electron chi connectivity index (χ1n) is 1.91. The minimum Gasteiger partial charge on any atom is -0.481 e. The Morgan fingerprint density at radius 3 is 1.50 bits per heavy atom. The van der Waals surface area contributed by atoms with E-state index in [2.05, 4.69) is 0 Å². The highest BCUT2D eigenvalue weighted by atomic mass is 32.2. The van der Waals surface area contributed by atoms with Gasteiger partial charge in [-0.1, -0.05) is 0 Å². The zero-order valence-electron chi connectivity index (χ0n) is 5.17. The first-order chi connectivity index (χ1) is 3.46. The molecule has 0 unspecified atom stereocenters. The van der Waals surface area contributed by atoms with Crippen LogP contribution in [0.1, 0.15) is 6.92 Å². The maximum atomic E-state index is 9.56. The third-order valence-electron chi connectivity index (χ3n) is 0. The first-order valence-corrected chi connectivity index (χ1v) is 3.88. The zero-order chi connectivity index (χ0) is 7.15. The lowest BCUT2D eigenvalue weighted by Gasteiger charge is -1.60. The summed E-state index contributed by atoms with van der Waals surface area (Å²) < 4.78 is 9.56. The van der Waals surface area contributed by atoms with E-state index in [1.54, 1.807) is 12.5 Å². The van der Waals surface area contributed by atoms with Crippen molar-refractivity contribution < 1.29 is 14.1 Å². The van der Waals surface area contributed by atoms with Crippen molar-refractivity contribution >= 4 is 16.8 Å². The van der Waals surface area contributed by atoms with Gasteiger partial charge in [-0.3, -0.25) is 9.00 Å². The van der Waals surface area contributed by atoms with E-state index < -0.39 is 16.8 Å². The van der Waals surface area contributed by atoms with Gasteiger partial charge in [0.05, 0.1) is 0 Å². The van der Waals surface area contributed by atoms with Crippen LogP contribution in [0.4, 0.5) is 0 Å². The summed E-state index contributed by atoms with van der Waals surface area (Å²) in [5.74, 6) is -0.833. The fraction of sp³-hybridized carbons (Fsp3) is 0.750. The standard InChI is InChI=1S/C2H4O2.C2H6OS/c1-2(3)4;1-4(2)3/h1H3,(H,3,4);1-2H3. The molecule has 0 saturated heterocycles. The van der Waals surface area contributed by atoms with Crippen molar-refractivity contribution in [2.75, 3.05) is 12.5 Å². The summed E-state index contributed by atoms with van der Waals surface area (Å²) in [6, 6.07) is 0. The predicted octanol–water partition coefficient (Wildman–Crippen LogP) is 0.0856. The van der Waals surface area contributed by atoms with Crippen LogP contribution in [-0.4, -0.2) is 27.8 Å². The van der Waals surface area contributed by atoms with Gasteiger partial charge >= 0.3 is 0 Å². The normalized spacial score (nSPS) is 7.50. The van der Waals surface area contributed by atoms with Crippen molar-refractivity contribution in [3.8, 4) is 0 Å². The molecule has 0 aliphatic heterocycles. The molecule has 0 heterocycles. The number of rotatable bonds is 0. The summed E-state index contributed by atoms with van der Waals surface area (Å²) in [5, 5.41) is 7.42. The molecule has 50 valence electrons. The van der Waals surface area contributed by atoms with Gasteiger partial charge in [0.15, 0.2) is 0 Å². The van der Waals surface area contributed by atoms with Crippen molar-refractivity contribution in [3.63, 3.8) is 0 Å². The summed E-state index contributed by atoms with van der Waals surface area (Å²) in [7, 11) is -0.611. The predicted molar refractivity (Wildman–Crippen MR) is 33.3 cm³/mol. The van der Waals surface area contributed by atoms with Crippen LogP contribution in [0.2, 0.25) is 0 Å². The lowest BCUT2D eigenvalue weighted by atomic mass is 10.9. The van der Waals surface area contributed by atoms with E-state index in [-0.39, 0.29) is 0 Å². The van der Waals surface area contributed by atoms with E-state index in [1.807, 2.05) is 0 Å². The number of hydrogen-bond acceptors (Lipinski definition) is 2. The van der Waals surface area contributed by atoms with Gasteiger partial charge < -0.3 is 5.11 Å². The van der Waals surface area contributed by atoms with E-state index in [9.17, 15) is 4.21 Å². The van der Waals surface area contributed by atoms with Crippen LogP contribution in [0, 0.1) is 0 Å². The Labute approximate surface area is 51.2 Å². The van der Waals surface area contributed by atoms with Crippen LogP contribution in [0.3, 0.4) is 0 Å². The van der Waals surface area contributed by atoms with Gasteiger partial charge in [0.25, 0.3) is 5.97 Å². The highest BCUT2D eigenvalue weighted by Crippen LogP contribution is 1.47. The molecule has 8 heavy (non-hydrogen) atoms. The summed E-state index contributed by atoms with van der Waals surface area (Å²) in [5.41, 5.74) is 0. The molecule has 3 nitrogen and oxygen atoms in total. The maximum absolute atomic E-state index is 9.56. The minimum absolute atomic E-state index is 0.611. The first kappa shape index (κ1) is 10.6. The Morgan fingerprint density at radius 1 is 1.50 bits per heavy atom. The Balaban J connectivity index is 0. The zero-order valence-corrected chi connectivity index (χ0v) is 5.99. The number of carboxylic acids is 1. The van der Waals surface area contributed by atoms with Crippen molar-refractivity contribution in [2.24, 2.45) is 0 Å². The summed E-state index contributed by atoms with van der Waals surface area (Å²) in [6.45, 7) is 1.08. The molecule has 0 aliphatic rings. The van der Waals surface area contributed by atoms with E-state index in [4.69, 9.17) is 9.90 Å². The van der Waals surface area contributed by atoms with Gasteiger partial charge in [-0.15, -0.1) is 0 Å². The average Bonchev–Trinajstić information content (AvgIpc) is 1.25. The van der Waals surface area contributed by atoms with Crippen LogP contribution >= 0.6 is 0 Å². The van der Waals surface area contributed by atoms with Crippen molar-refractivity contribution in [1.82, 2.24) is 0 Å². The SMILES string of the molecule is CC(=O)O.CS(C)=O. The number of hydrogen-bond donors (Lipinski definition) is 1. The molecule has 0 radical (unpaired) electrons. The molecular weight excluding hydrogens is 128 g/mol. The second-order valence-electron chi connectivity index (χ2n) is 1.26. The lowest BCUT2D eigenvalue weighted by Crippen LogP contribution is -1.78. The molecule has 1 N–H and O–H groups in total. The average molecular weight is 138 g/mol. The second-order valence-corrected chi connectivity index (χ2v) is 2.74. The van der Waals surface area contributed by atoms with Crippen LogP contribution in [0.5, 0.6) is 0 Å². The highest BCUT2D eigenvalue weighted by molar-refractivity contribution is 7.83. The molecule has 0 aliphatic carbocycles. The molecule has 0 aromatic rings. The molecule has 4 heteroatoms. The Hall–Kier alpha value is -0.380. The van der Waals surface area contributed by atoms with Gasteiger partial charge in [-0.25, -0.2) is 0 Å². The number of carbonyl (C=O) groups is 1. The smallest absolute Gasteiger partial charge is 0.300 e. The topological polar surface area (TPSA) is 54.4 Å². The molecule has 0 aromatic heterocycles. The van der Waals surface area contributed by atoms with Gasteiger partial charge in [-0.2, -0.15) is 0 Å². The van der Waals surface area contributed by atoms with Gasteiger partial charge in [0.2, 0.25) is 0 Å². The minimum atomic E-state index is -0.833. The Morgan fingerprint density at radius 2 is 1.50 bits per heavy atom. The monoisotopic (exact) mass is 138 g/mol.